The van der Waals surface area contributed by atoms with Crippen LogP contribution in [-0.2, 0) is 4.74 Å². The Morgan fingerprint density at radius 3 is 2.57 bits per heavy atom. The minimum absolute atomic E-state index is 0.236. The molecule has 1 saturated heterocycles. The zero-order valence-corrected chi connectivity index (χ0v) is 15.4. The fourth-order valence-electron chi connectivity index (χ4n) is 3.69. The Hall–Kier alpha value is -0.810. The van der Waals surface area contributed by atoms with Gasteiger partial charge in [0.15, 0.2) is 0 Å². The quantitative estimate of drug-likeness (QED) is 0.834. The van der Waals surface area contributed by atoms with Crippen LogP contribution in [0.2, 0.25) is 0 Å². The van der Waals surface area contributed by atoms with E-state index in [1.807, 2.05) is 20.8 Å². The van der Waals surface area contributed by atoms with Crippen molar-refractivity contribution in [3.8, 4) is 0 Å². The molecule has 2 fully saturated rings. The Balaban J connectivity index is 1.71. The van der Waals surface area contributed by atoms with E-state index in [-0.39, 0.29) is 12.1 Å². The van der Waals surface area contributed by atoms with Crippen LogP contribution in [0.4, 0.5) is 4.79 Å². The molecule has 1 heterocycles. The minimum Gasteiger partial charge on any atom is -0.444 e. The van der Waals surface area contributed by atoms with Gasteiger partial charge in [-0.3, -0.25) is 0 Å². The first kappa shape index (κ1) is 18.5. The summed E-state index contributed by atoms with van der Waals surface area (Å²) in [6, 6.07) is 1.42. The number of alkyl carbamates (subject to hydrolysis) is 1. The third kappa shape index (κ3) is 6.68. The monoisotopic (exact) mass is 325 g/mol. The van der Waals surface area contributed by atoms with Gasteiger partial charge < -0.3 is 20.3 Å². The second-order valence-electron chi connectivity index (χ2n) is 8.25. The van der Waals surface area contributed by atoms with Crippen LogP contribution in [0.25, 0.3) is 0 Å². The molecule has 3 atom stereocenters. The molecular weight excluding hydrogens is 290 g/mol. The lowest BCUT2D eigenvalue weighted by atomic mass is 9.90. The molecule has 134 valence electrons. The first-order valence-electron chi connectivity index (χ1n) is 9.26. The zero-order valence-electron chi connectivity index (χ0n) is 15.4. The number of ether oxygens (including phenoxy) is 1. The van der Waals surface area contributed by atoms with Crippen LogP contribution in [0, 0.1) is 0 Å². The fourth-order valence-corrected chi connectivity index (χ4v) is 3.69. The largest absolute Gasteiger partial charge is 0.444 e. The molecule has 1 amide bonds. The van der Waals surface area contributed by atoms with Crippen LogP contribution in [-0.4, -0.2) is 54.9 Å². The molecule has 1 aliphatic carbocycles. The van der Waals surface area contributed by atoms with E-state index in [0.29, 0.717) is 12.1 Å². The van der Waals surface area contributed by atoms with Crippen molar-refractivity contribution >= 4 is 6.09 Å². The number of carbonyl (C=O) groups is 1. The Morgan fingerprint density at radius 2 is 1.87 bits per heavy atom. The number of likely N-dealkylation sites (N-methyl/N-ethyl adjacent to an activating group) is 1. The third-order valence-electron chi connectivity index (χ3n) is 4.96. The lowest BCUT2D eigenvalue weighted by molar-refractivity contribution is 0.0488. The molecule has 3 unspecified atom stereocenters. The molecule has 23 heavy (non-hydrogen) atoms. The maximum atomic E-state index is 11.9. The Bertz CT molecular complexity index is 381. The summed E-state index contributed by atoms with van der Waals surface area (Å²) >= 11 is 0. The van der Waals surface area contributed by atoms with E-state index in [0.717, 1.165) is 19.4 Å². The summed E-state index contributed by atoms with van der Waals surface area (Å²) < 4.78 is 5.37. The van der Waals surface area contributed by atoms with Crippen molar-refractivity contribution in [1.29, 1.82) is 0 Å². The first-order valence-corrected chi connectivity index (χ1v) is 9.26. The van der Waals surface area contributed by atoms with E-state index in [4.69, 9.17) is 4.74 Å². The van der Waals surface area contributed by atoms with Gasteiger partial charge in [-0.2, -0.15) is 0 Å². The summed E-state index contributed by atoms with van der Waals surface area (Å²) in [6.45, 7) is 8.00. The van der Waals surface area contributed by atoms with Crippen molar-refractivity contribution in [3.63, 3.8) is 0 Å². The summed E-state index contributed by atoms with van der Waals surface area (Å²) in [5, 5.41) is 6.78. The van der Waals surface area contributed by atoms with Gasteiger partial charge in [-0.25, -0.2) is 4.79 Å². The van der Waals surface area contributed by atoms with Gasteiger partial charge in [0.1, 0.15) is 5.60 Å². The van der Waals surface area contributed by atoms with Crippen molar-refractivity contribution < 1.29 is 9.53 Å². The molecule has 0 radical (unpaired) electrons. The lowest BCUT2D eigenvalue weighted by Gasteiger charge is -2.36. The SMILES string of the molecule is CN1CCCCC1CNC1CCCC(NC(=O)OC(C)(C)C)C1. The Labute approximate surface area is 141 Å². The average Bonchev–Trinajstić information content (AvgIpc) is 2.45. The predicted molar refractivity (Wildman–Crippen MR) is 93.7 cm³/mol. The maximum absolute atomic E-state index is 11.9. The second-order valence-corrected chi connectivity index (χ2v) is 8.25. The van der Waals surface area contributed by atoms with Crippen LogP contribution in [0.5, 0.6) is 0 Å². The molecule has 0 aromatic rings. The van der Waals surface area contributed by atoms with Crippen molar-refractivity contribution in [2.75, 3.05) is 20.1 Å². The minimum atomic E-state index is -0.429. The van der Waals surface area contributed by atoms with Gasteiger partial charge in [0, 0.05) is 24.7 Å². The number of hydrogen-bond donors (Lipinski definition) is 2. The number of nitrogens with zero attached hydrogens (tertiary/aromatic N) is 1. The highest BCUT2D eigenvalue weighted by Crippen LogP contribution is 2.20. The molecule has 5 heteroatoms. The van der Waals surface area contributed by atoms with Gasteiger partial charge >= 0.3 is 6.09 Å². The molecule has 0 aromatic heterocycles. The average molecular weight is 325 g/mol. The highest BCUT2D eigenvalue weighted by Gasteiger charge is 2.26. The Morgan fingerprint density at radius 1 is 1.13 bits per heavy atom. The van der Waals surface area contributed by atoms with E-state index in [1.165, 1.54) is 38.6 Å². The molecule has 1 aliphatic heterocycles. The van der Waals surface area contributed by atoms with Crippen molar-refractivity contribution in [3.05, 3.63) is 0 Å². The third-order valence-corrected chi connectivity index (χ3v) is 4.96. The van der Waals surface area contributed by atoms with Crippen molar-refractivity contribution in [2.45, 2.75) is 89.4 Å². The van der Waals surface area contributed by atoms with Gasteiger partial charge in [-0.15, -0.1) is 0 Å². The molecule has 0 spiro atoms. The number of nitrogens with one attached hydrogen (secondary N) is 2. The molecule has 2 N–H and O–H groups in total. The highest BCUT2D eigenvalue weighted by molar-refractivity contribution is 5.68. The molecule has 0 aromatic carbocycles. The molecule has 5 nitrogen and oxygen atoms in total. The molecule has 0 bridgehead atoms. The summed E-state index contributed by atoms with van der Waals surface area (Å²) in [4.78, 5) is 14.4. The van der Waals surface area contributed by atoms with Crippen LogP contribution >= 0.6 is 0 Å². The molecular formula is C18H35N3O2. The summed E-state index contributed by atoms with van der Waals surface area (Å²) in [6.07, 6.45) is 8.14. The number of hydrogen-bond acceptors (Lipinski definition) is 4. The summed E-state index contributed by atoms with van der Waals surface area (Å²) in [5.74, 6) is 0. The van der Waals surface area contributed by atoms with E-state index < -0.39 is 5.60 Å². The number of rotatable bonds is 4. The van der Waals surface area contributed by atoms with Crippen LogP contribution in [0.15, 0.2) is 0 Å². The number of piperidine rings is 1. The number of likely N-dealkylation sites (tertiary alicyclic amines) is 1. The first-order chi connectivity index (χ1) is 10.8. The molecule has 1 saturated carbocycles. The summed E-state index contributed by atoms with van der Waals surface area (Å²) in [5.41, 5.74) is -0.429. The Kier molecular flexibility index (Phi) is 6.72. The van der Waals surface area contributed by atoms with Crippen LogP contribution < -0.4 is 10.6 Å². The topological polar surface area (TPSA) is 53.6 Å². The summed E-state index contributed by atoms with van der Waals surface area (Å²) in [7, 11) is 2.24. The lowest BCUT2D eigenvalue weighted by Crippen LogP contribution is -2.49. The maximum Gasteiger partial charge on any atom is 0.407 e. The van der Waals surface area contributed by atoms with E-state index >= 15 is 0 Å². The van der Waals surface area contributed by atoms with Gasteiger partial charge in [-0.1, -0.05) is 6.42 Å². The van der Waals surface area contributed by atoms with Crippen molar-refractivity contribution in [2.24, 2.45) is 0 Å². The van der Waals surface area contributed by atoms with Crippen LogP contribution in [0.3, 0.4) is 0 Å². The second kappa shape index (κ2) is 8.34. The van der Waals surface area contributed by atoms with E-state index in [9.17, 15) is 4.79 Å². The van der Waals surface area contributed by atoms with Gasteiger partial charge in [-0.05, 0) is 72.9 Å². The smallest absolute Gasteiger partial charge is 0.407 e. The normalized spacial score (nSPS) is 30.0. The standard InChI is InChI=1S/C18H35N3O2/c1-18(2,3)23-17(22)20-15-9-7-8-14(12-15)19-13-16-10-5-6-11-21(16)4/h14-16,19H,5-13H2,1-4H3,(H,20,22). The molecule has 2 rings (SSSR count). The number of amides is 1. The van der Waals surface area contributed by atoms with Crippen molar-refractivity contribution in [1.82, 2.24) is 15.5 Å². The van der Waals surface area contributed by atoms with Crippen LogP contribution in [0.1, 0.15) is 65.7 Å². The van der Waals surface area contributed by atoms with Gasteiger partial charge in [0.25, 0.3) is 0 Å². The highest BCUT2D eigenvalue weighted by atomic mass is 16.6. The van der Waals surface area contributed by atoms with Gasteiger partial charge in [0.2, 0.25) is 0 Å². The zero-order chi connectivity index (χ0) is 16.9. The molecule has 2 aliphatic rings. The van der Waals surface area contributed by atoms with E-state index in [2.05, 4.69) is 22.6 Å². The predicted octanol–water partition coefficient (Wildman–Crippen LogP) is 2.90. The van der Waals surface area contributed by atoms with Gasteiger partial charge in [0.05, 0.1) is 0 Å². The number of carbonyl (C=O) groups excluding carboxylic acids is 1. The van der Waals surface area contributed by atoms with E-state index in [1.54, 1.807) is 0 Å². The fraction of sp³-hybridized carbons (Fsp3) is 0.944.